The highest BCUT2D eigenvalue weighted by Gasteiger charge is 2.28. The Morgan fingerprint density at radius 2 is 1.84 bits per heavy atom. The molecule has 0 spiro atoms. The van der Waals surface area contributed by atoms with Crippen molar-refractivity contribution < 1.29 is 19.4 Å². The van der Waals surface area contributed by atoms with Gasteiger partial charge in [-0.3, -0.25) is 14.5 Å². The number of hydrogen-bond donors (Lipinski definition) is 1. The van der Waals surface area contributed by atoms with Gasteiger partial charge in [0.15, 0.2) is 0 Å². The zero-order chi connectivity index (χ0) is 14.4. The topological polar surface area (TPSA) is 70.1 Å². The van der Waals surface area contributed by atoms with E-state index in [0.29, 0.717) is 38.8 Å². The number of morpholine rings is 1. The molecule has 1 fully saturated rings. The summed E-state index contributed by atoms with van der Waals surface area (Å²) >= 11 is 0. The lowest BCUT2D eigenvalue weighted by Crippen LogP contribution is -2.52. The molecule has 1 saturated heterocycles. The van der Waals surface area contributed by atoms with Crippen molar-refractivity contribution in [3.8, 4) is 0 Å². The van der Waals surface area contributed by atoms with Crippen LogP contribution in [0.15, 0.2) is 0 Å². The number of amides is 1. The number of carboxylic acid groups (broad SMARTS) is 1. The van der Waals surface area contributed by atoms with Gasteiger partial charge in [-0.2, -0.15) is 0 Å². The minimum absolute atomic E-state index is 0.00907. The summed E-state index contributed by atoms with van der Waals surface area (Å²) in [7, 11) is 0. The molecule has 110 valence electrons. The fourth-order valence-electron chi connectivity index (χ4n) is 2.21. The van der Waals surface area contributed by atoms with Crippen LogP contribution in [0.1, 0.15) is 20.8 Å². The van der Waals surface area contributed by atoms with Crippen LogP contribution in [0, 0.1) is 5.92 Å². The summed E-state index contributed by atoms with van der Waals surface area (Å²) in [5.74, 6) is -0.591. The molecule has 6 heteroatoms. The Bertz CT molecular complexity index is 314. The number of ether oxygens (including phenoxy) is 1. The molecule has 1 heterocycles. The summed E-state index contributed by atoms with van der Waals surface area (Å²) < 4.78 is 5.22. The molecule has 1 aliphatic rings. The van der Waals surface area contributed by atoms with Crippen LogP contribution in [0.25, 0.3) is 0 Å². The summed E-state index contributed by atoms with van der Waals surface area (Å²) in [5.41, 5.74) is 0. The summed E-state index contributed by atoms with van der Waals surface area (Å²) in [6.07, 6.45) is 0. The zero-order valence-corrected chi connectivity index (χ0v) is 12.0. The first-order valence-corrected chi connectivity index (χ1v) is 6.74. The van der Waals surface area contributed by atoms with Crippen LogP contribution >= 0.6 is 0 Å². The minimum atomic E-state index is -0.901. The standard InChI is InChI=1S/C13H24N2O4/c1-10(2)8-15(9-12(16)17)11(3)13(18)14-4-6-19-7-5-14/h10-11H,4-9H2,1-3H3,(H,16,17). The molecule has 0 saturated carbocycles. The first-order chi connectivity index (χ1) is 8.91. The van der Waals surface area contributed by atoms with E-state index in [9.17, 15) is 9.59 Å². The lowest BCUT2D eigenvalue weighted by Gasteiger charge is -2.34. The summed E-state index contributed by atoms with van der Waals surface area (Å²) in [6, 6.07) is -0.406. The van der Waals surface area contributed by atoms with Crippen molar-refractivity contribution in [3.63, 3.8) is 0 Å². The van der Waals surface area contributed by atoms with Crippen LogP contribution < -0.4 is 0 Å². The lowest BCUT2D eigenvalue weighted by molar-refractivity contribution is -0.144. The predicted molar refractivity (Wildman–Crippen MR) is 70.9 cm³/mol. The van der Waals surface area contributed by atoms with Gasteiger partial charge in [-0.05, 0) is 12.8 Å². The molecule has 1 rings (SSSR count). The maximum atomic E-state index is 12.3. The molecule has 0 radical (unpaired) electrons. The Hall–Kier alpha value is -1.14. The third-order valence-corrected chi connectivity index (χ3v) is 3.17. The molecule has 1 aliphatic heterocycles. The molecule has 0 bridgehead atoms. The van der Waals surface area contributed by atoms with Crippen LogP contribution in [0.2, 0.25) is 0 Å². The lowest BCUT2D eigenvalue weighted by atomic mass is 10.1. The van der Waals surface area contributed by atoms with E-state index in [1.54, 1.807) is 16.7 Å². The summed E-state index contributed by atoms with van der Waals surface area (Å²) in [4.78, 5) is 26.7. The largest absolute Gasteiger partial charge is 0.480 e. The van der Waals surface area contributed by atoms with Crippen molar-refractivity contribution in [1.29, 1.82) is 0 Å². The van der Waals surface area contributed by atoms with Crippen LogP contribution in [0.4, 0.5) is 0 Å². The van der Waals surface area contributed by atoms with Crippen LogP contribution in [-0.2, 0) is 14.3 Å². The maximum absolute atomic E-state index is 12.3. The molecule has 0 aromatic rings. The predicted octanol–water partition coefficient (Wildman–Crippen LogP) is 0.276. The second-order valence-electron chi connectivity index (χ2n) is 5.33. The van der Waals surface area contributed by atoms with E-state index in [1.807, 2.05) is 13.8 Å². The van der Waals surface area contributed by atoms with Gasteiger partial charge >= 0.3 is 5.97 Å². The second-order valence-corrected chi connectivity index (χ2v) is 5.33. The smallest absolute Gasteiger partial charge is 0.317 e. The van der Waals surface area contributed by atoms with Gasteiger partial charge in [-0.25, -0.2) is 0 Å². The van der Waals surface area contributed by atoms with Gasteiger partial charge in [0.25, 0.3) is 0 Å². The fourth-order valence-corrected chi connectivity index (χ4v) is 2.21. The van der Waals surface area contributed by atoms with Crippen LogP contribution in [-0.4, -0.2) is 72.2 Å². The third-order valence-electron chi connectivity index (χ3n) is 3.17. The van der Waals surface area contributed by atoms with Gasteiger partial charge < -0.3 is 14.7 Å². The van der Waals surface area contributed by atoms with Gasteiger partial charge in [0.05, 0.1) is 25.8 Å². The van der Waals surface area contributed by atoms with Crippen molar-refractivity contribution in [2.75, 3.05) is 39.4 Å². The van der Waals surface area contributed by atoms with E-state index in [2.05, 4.69) is 0 Å². The van der Waals surface area contributed by atoms with E-state index in [-0.39, 0.29) is 12.5 Å². The van der Waals surface area contributed by atoms with Gasteiger partial charge in [-0.1, -0.05) is 13.8 Å². The van der Waals surface area contributed by atoms with E-state index >= 15 is 0 Å². The normalized spacial score (nSPS) is 17.8. The molecule has 0 aromatic carbocycles. The molecule has 6 nitrogen and oxygen atoms in total. The fraction of sp³-hybridized carbons (Fsp3) is 0.846. The molecule has 1 N–H and O–H groups in total. The molecule has 1 unspecified atom stereocenters. The quantitative estimate of drug-likeness (QED) is 0.752. The Morgan fingerprint density at radius 1 is 1.26 bits per heavy atom. The molecule has 1 amide bonds. The van der Waals surface area contributed by atoms with E-state index in [0.717, 1.165) is 0 Å². The SMILES string of the molecule is CC(C)CN(CC(=O)O)C(C)C(=O)N1CCOCC1. The van der Waals surface area contributed by atoms with Crippen LogP contribution in [0.5, 0.6) is 0 Å². The third kappa shape index (κ3) is 5.16. The molecular formula is C13H24N2O4. The Balaban J connectivity index is 2.64. The number of nitrogens with zero attached hydrogens (tertiary/aromatic N) is 2. The Labute approximate surface area is 114 Å². The number of carbonyl (C=O) groups is 2. The van der Waals surface area contributed by atoms with Gasteiger partial charge in [-0.15, -0.1) is 0 Å². The van der Waals surface area contributed by atoms with E-state index in [1.165, 1.54) is 0 Å². The summed E-state index contributed by atoms with van der Waals surface area (Å²) in [5, 5.41) is 8.95. The number of carboxylic acids is 1. The van der Waals surface area contributed by atoms with Crippen molar-refractivity contribution in [3.05, 3.63) is 0 Å². The number of rotatable bonds is 6. The highest BCUT2D eigenvalue weighted by molar-refractivity contribution is 5.82. The van der Waals surface area contributed by atoms with Crippen molar-refractivity contribution in [2.45, 2.75) is 26.8 Å². The highest BCUT2D eigenvalue weighted by Crippen LogP contribution is 2.09. The second kappa shape index (κ2) is 7.45. The average molecular weight is 272 g/mol. The van der Waals surface area contributed by atoms with Gasteiger partial charge in [0, 0.05) is 19.6 Å². The maximum Gasteiger partial charge on any atom is 0.317 e. The molecular weight excluding hydrogens is 248 g/mol. The Kier molecular flexibility index (Phi) is 6.24. The van der Waals surface area contributed by atoms with Crippen molar-refractivity contribution in [1.82, 2.24) is 9.80 Å². The van der Waals surface area contributed by atoms with E-state index in [4.69, 9.17) is 9.84 Å². The molecule has 1 atom stereocenters. The van der Waals surface area contributed by atoms with Gasteiger partial charge in [0.1, 0.15) is 0 Å². The number of aliphatic carboxylic acids is 1. The summed E-state index contributed by atoms with van der Waals surface area (Å²) in [6.45, 7) is 8.60. The minimum Gasteiger partial charge on any atom is -0.480 e. The number of carbonyl (C=O) groups excluding carboxylic acids is 1. The number of hydrogen-bond acceptors (Lipinski definition) is 4. The van der Waals surface area contributed by atoms with Crippen LogP contribution in [0.3, 0.4) is 0 Å². The average Bonchev–Trinajstić information content (AvgIpc) is 2.36. The van der Waals surface area contributed by atoms with Gasteiger partial charge in [0.2, 0.25) is 5.91 Å². The first-order valence-electron chi connectivity index (χ1n) is 6.74. The first kappa shape index (κ1) is 15.9. The monoisotopic (exact) mass is 272 g/mol. The highest BCUT2D eigenvalue weighted by atomic mass is 16.5. The van der Waals surface area contributed by atoms with Crippen molar-refractivity contribution >= 4 is 11.9 Å². The molecule has 0 aliphatic carbocycles. The van der Waals surface area contributed by atoms with Crippen molar-refractivity contribution in [2.24, 2.45) is 5.92 Å². The Morgan fingerprint density at radius 3 is 2.32 bits per heavy atom. The van der Waals surface area contributed by atoms with E-state index < -0.39 is 12.0 Å². The zero-order valence-electron chi connectivity index (χ0n) is 12.0. The molecule has 19 heavy (non-hydrogen) atoms. The molecule has 0 aromatic heterocycles.